The van der Waals surface area contributed by atoms with Gasteiger partial charge in [0.05, 0.1) is 19.0 Å². The van der Waals surface area contributed by atoms with E-state index in [0.717, 1.165) is 22.4 Å². The number of aromatic nitrogens is 4. The van der Waals surface area contributed by atoms with Crippen molar-refractivity contribution in [2.45, 2.75) is 12.5 Å². The van der Waals surface area contributed by atoms with Gasteiger partial charge >= 0.3 is 0 Å². The molecule has 2 aromatic heterocycles. The fourth-order valence-corrected chi connectivity index (χ4v) is 4.26. The van der Waals surface area contributed by atoms with Gasteiger partial charge in [0.2, 0.25) is 0 Å². The van der Waals surface area contributed by atoms with E-state index in [2.05, 4.69) is 27.4 Å². The summed E-state index contributed by atoms with van der Waals surface area (Å²) < 4.78 is 7.23. The summed E-state index contributed by atoms with van der Waals surface area (Å²) in [6.45, 7) is 1.15. The number of nitrogens with zero attached hydrogens (tertiary/aromatic N) is 4. The number of hydrogen-bond acceptors (Lipinski definition) is 4. The molecule has 1 atom stereocenters. The Bertz CT molecular complexity index is 1240. The zero-order chi connectivity index (χ0) is 21.4. The predicted octanol–water partition coefficient (Wildman–Crippen LogP) is 3.61. The van der Waals surface area contributed by atoms with Gasteiger partial charge in [0, 0.05) is 37.8 Å². The Labute approximate surface area is 180 Å². The summed E-state index contributed by atoms with van der Waals surface area (Å²) >= 11 is 0. The standard InChI is InChI=1S/C24H23N5O2/c1-28-13-17(12-25-28)20-15-29(14-16-7-3-4-8-18(16)20)24(30)22-11-21(26-27-22)19-9-5-6-10-23(19)31-2/h3-13,20H,14-15H2,1-2H3,(H,26,27). The van der Waals surface area contributed by atoms with Crippen molar-refractivity contribution >= 4 is 5.91 Å². The average molecular weight is 413 g/mol. The molecule has 1 aliphatic rings. The highest BCUT2D eigenvalue weighted by Gasteiger charge is 2.31. The molecule has 0 saturated carbocycles. The van der Waals surface area contributed by atoms with Crippen molar-refractivity contribution in [3.8, 4) is 17.0 Å². The number of methoxy groups -OCH3 is 1. The van der Waals surface area contributed by atoms with Crippen LogP contribution in [0.4, 0.5) is 0 Å². The van der Waals surface area contributed by atoms with E-state index in [4.69, 9.17) is 4.74 Å². The number of aryl methyl sites for hydroxylation is 1. The molecule has 3 heterocycles. The summed E-state index contributed by atoms with van der Waals surface area (Å²) in [4.78, 5) is 15.3. The SMILES string of the molecule is COc1ccccc1-c1cc(C(=O)N2Cc3ccccc3C(c3cnn(C)c3)C2)[nH]n1. The highest BCUT2D eigenvalue weighted by molar-refractivity contribution is 5.94. The van der Waals surface area contributed by atoms with Crippen molar-refractivity contribution in [1.82, 2.24) is 24.9 Å². The van der Waals surface area contributed by atoms with Crippen molar-refractivity contribution in [2.24, 2.45) is 7.05 Å². The van der Waals surface area contributed by atoms with E-state index in [-0.39, 0.29) is 11.8 Å². The topological polar surface area (TPSA) is 76.0 Å². The van der Waals surface area contributed by atoms with Crippen LogP contribution in [0.15, 0.2) is 67.0 Å². The van der Waals surface area contributed by atoms with Crippen LogP contribution in [0.25, 0.3) is 11.3 Å². The summed E-state index contributed by atoms with van der Waals surface area (Å²) in [7, 11) is 3.53. The Kier molecular flexibility index (Phi) is 4.78. The minimum absolute atomic E-state index is 0.0722. The molecule has 0 saturated heterocycles. The lowest BCUT2D eigenvalue weighted by Crippen LogP contribution is -2.38. The van der Waals surface area contributed by atoms with E-state index in [1.807, 2.05) is 60.7 Å². The third-order valence-electron chi connectivity index (χ3n) is 5.80. The highest BCUT2D eigenvalue weighted by atomic mass is 16.5. The normalized spacial score (nSPS) is 15.5. The van der Waals surface area contributed by atoms with Gasteiger partial charge in [-0.15, -0.1) is 0 Å². The fraction of sp³-hybridized carbons (Fsp3) is 0.208. The number of benzene rings is 2. The molecule has 7 heteroatoms. The molecule has 31 heavy (non-hydrogen) atoms. The first-order valence-corrected chi connectivity index (χ1v) is 10.2. The molecule has 4 aromatic rings. The molecule has 156 valence electrons. The number of fused-ring (bicyclic) bond motifs is 1. The molecule has 1 amide bonds. The van der Waals surface area contributed by atoms with Crippen LogP contribution in [0.2, 0.25) is 0 Å². The van der Waals surface area contributed by atoms with Gasteiger partial charge in [-0.05, 0) is 34.9 Å². The van der Waals surface area contributed by atoms with Crippen LogP contribution >= 0.6 is 0 Å². The summed E-state index contributed by atoms with van der Waals surface area (Å²) in [5.41, 5.74) is 5.50. The first-order chi connectivity index (χ1) is 15.1. The molecule has 2 aromatic carbocycles. The van der Waals surface area contributed by atoms with Crippen molar-refractivity contribution in [2.75, 3.05) is 13.7 Å². The fourth-order valence-electron chi connectivity index (χ4n) is 4.26. The maximum Gasteiger partial charge on any atom is 0.272 e. The number of carbonyl (C=O) groups is 1. The number of ether oxygens (including phenoxy) is 1. The first kappa shape index (κ1) is 19.1. The molecule has 0 bridgehead atoms. The molecule has 1 N–H and O–H groups in total. The van der Waals surface area contributed by atoms with Crippen LogP contribution in [-0.4, -0.2) is 44.4 Å². The molecule has 5 rings (SSSR count). The number of H-pyrrole nitrogens is 1. The summed E-state index contributed by atoms with van der Waals surface area (Å²) in [6, 6.07) is 17.7. The Morgan fingerprint density at radius 3 is 2.77 bits per heavy atom. The molecule has 0 radical (unpaired) electrons. The Balaban J connectivity index is 1.46. The second kappa shape index (κ2) is 7.75. The van der Waals surface area contributed by atoms with E-state index >= 15 is 0 Å². The van der Waals surface area contributed by atoms with Crippen LogP contribution in [-0.2, 0) is 13.6 Å². The monoisotopic (exact) mass is 413 g/mol. The number of amides is 1. The van der Waals surface area contributed by atoms with E-state index in [1.54, 1.807) is 17.9 Å². The smallest absolute Gasteiger partial charge is 0.272 e. The number of carbonyl (C=O) groups excluding carboxylic acids is 1. The lowest BCUT2D eigenvalue weighted by atomic mass is 9.86. The Morgan fingerprint density at radius 1 is 1.16 bits per heavy atom. The van der Waals surface area contributed by atoms with E-state index in [9.17, 15) is 4.79 Å². The van der Waals surface area contributed by atoms with Crippen LogP contribution in [0.5, 0.6) is 5.75 Å². The van der Waals surface area contributed by atoms with Gasteiger partial charge in [-0.1, -0.05) is 36.4 Å². The first-order valence-electron chi connectivity index (χ1n) is 10.2. The zero-order valence-corrected chi connectivity index (χ0v) is 17.4. The summed E-state index contributed by atoms with van der Waals surface area (Å²) in [6.07, 6.45) is 3.90. The Hall–Kier alpha value is -3.87. The molecule has 1 aliphatic heterocycles. The van der Waals surface area contributed by atoms with Gasteiger partial charge < -0.3 is 9.64 Å². The van der Waals surface area contributed by atoms with Crippen LogP contribution in [0, 0.1) is 0 Å². The van der Waals surface area contributed by atoms with Gasteiger partial charge in [0.1, 0.15) is 11.4 Å². The summed E-state index contributed by atoms with van der Waals surface area (Å²) in [5.74, 6) is 0.729. The summed E-state index contributed by atoms with van der Waals surface area (Å²) in [5, 5.41) is 11.6. The van der Waals surface area contributed by atoms with Crippen molar-refractivity contribution in [1.29, 1.82) is 0 Å². The minimum atomic E-state index is -0.0722. The van der Waals surface area contributed by atoms with Crippen LogP contribution in [0.1, 0.15) is 33.1 Å². The van der Waals surface area contributed by atoms with E-state index in [0.29, 0.717) is 24.5 Å². The third kappa shape index (κ3) is 3.48. The van der Waals surface area contributed by atoms with E-state index < -0.39 is 0 Å². The molecule has 7 nitrogen and oxygen atoms in total. The van der Waals surface area contributed by atoms with Crippen LogP contribution in [0.3, 0.4) is 0 Å². The second-order valence-electron chi connectivity index (χ2n) is 7.75. The molecule has 0 spiro atoms. The van der Waals surface area contributed by atoms with Crippen LogP contribution < -0.4 is 4.74 Å². The van der Waals surface area contributed by atoms with Gasteiger partial charge in [-0.25, -0.2) is 0 Å². The molecular formula is C24H23N5O2. The zero-order valence-electron chi connectivity index (χ0n) is 17.4. The number of rotatable bonds is 4. The maximum atomic E-state index is 13.4. The Morgan fingerprint density at radius 2 is 1.97 bits per heavy atom. The molecule has 1 unspecified atom stereocenters. The maximum absolute atomic E-state index is 13.4. The minimum Gasteiger partial charge on any atom is -0.496 e. The van der Waals surface area contributed by atoms with Crippen molar-refractivity contribution in [3.63, 3.8) is 0 Å². The van der Waals surface area contributed by atoms with Gasteiger partial charge in [0.25, 0.3) is 5.91 Å². The average Bonchev–Trinajstić information content (AvgIpc) is 3.47. The molecular weight excluding hydrogens is 390 g/mol. The second-order valence-corrected chi connectivity index (χ2v) is 7.75. The predicted molar refractivity (Wildman–Crippen MR) is 117 cm³/mol. The van der Waals surface area contributed by atoms with E-state index in [1.165, 1.54) is 5.56 Å². The number of hydrogen-bond donors (Lipinski definition) is 1. The van der Waals surface area contributed by atoms with Gasteiger partial charge in [-0.3, -0.25) is 14.6 Å². The largest absolute Gasteiger partial charge is 0.496 e. The lowest BCUT2D eigenvalue weighted by Gasteiger charge is -2.34. The lowest BCUT2D eigenvalue weighted by molar-refractivity contribution is 0.0719. The van der Waals surface area contributed by atoms with Crippen molar-refractivity contribution in [3.05, 3.63) is 89.4 Å². The molecule has 0 fully saturated rings. The quantitative estimate of drug-likeness (QED) is 0.555. The van der Waals surface area contributed by atoms with Crippen molar-refractivity contribution < 1.29 is 9.53 Å². The number of nitrogens with one attached hydrogen (secondary N) is 1. The van der Waals surface area contributed by atoms with Gasteiger partial charge in [0.15, 0.2) is 0 Å². The number of aromatic amines is 1. The number of para-hydroxylation sites is 1. The molecule has 0 aliphatic carbocycles. The van der Waals surface area contributed by atoms with Gasteiger partial charge in [-0.2, -0.15) is 10.2 Å². The highest BCUT2D eigenvalue weighted by Crippen LogP contribution is 2.34. The third-order valence-corrected chi connectivity index (χ3v) is 5.80.